The third-order valence-electron chi connectivity index (χ3n) is 3.46. The lowest BCUT2D eigenvalue weighted by Crippen LogP contribution is -2.23. The van der Waals surface area contributed by atoms with Gasteiger partial charge < -0.3 is 9.84 Å². The minimum absolute atomic E-state index is 0.154. The van der Waals surface area contributed by atoms with Gasteiger partial charge in [0, 0.05) is 24.8 Å². The summed E-state index contributed by atoms with van der Waals surface area (Å²) in [6.07, 6.45) is 3.11. The molecule has 100 valence electrons. The van der Waals surface area contributed by atoms with Crippen LogP contribution in [0.15, 0.2) is 12.3 Å². The minimum atomic E-state index is -1.02. The van der Waals surface area contributed by atoms with Crippen LogP contribution in [0.5, 0.6) is 0 Å². The Labute approximate surface area is 114 Å². The van der Waals surface area contributed by atoms with Gasteiger partial charge in [0.1, 0.15) is 5.56 Å². The van der Waals surface area contributed by atoms with Gasteiger partial charge in [-0.15, -0.1) is 0 Å². The van der Waals surface area contributed by atoms with Crippen molar-refractivity contribution in [2.24, 2.45) is 0 Å². The number of halogens is 1. The molecule has 3 rings (SSSR count). The molecule has 7 heteroatoms. The van der Waals surface area contributed by atoms with Crippen LogP contribution in [0, 0.1) is 0 Å². The van der Waals surface area contributed by atoms with E-state index in [1.165, 1.54) is 10.7 Å². The van der Waals surface area contributed by atoms with Crippen LogP contribution in [-0.2, 0) is 10.2 Å². The van der Waals surface area contributed by atoms with Crippen molar-refractivity contribution >= 4 is 23.2 Å². The van der Waals surface area contributed by atoms with Crippen LogP contribution in [0.3, 0.4) is 0 Å². The highest BCUT2D eigenvalue weighted by molar-refractivity contribution is 6.29. The molecule has 0 unspecified atom stereocenters. The Morgan fingerprint density at radius 3 is 2.95 bits per heavy atom. The Bertz CT molecular complexity index is 664. The number of hydrogen-bond acceptors (Lipinski definition) is 4. The molecule has 2 aromatic heterocycles. The van der Waals surface area contributed by atoms with Crippen molar-refractivity contribution < 1.29 is 14.6 Å². The number of carboxylic acids is 1. The second kappa shape index (κ2) is 4.18. The second-order valence-electron chi connectivity index (χ2n) is 4.78. The molecule has 1 N–H and O–H groups in total. The number of fused-ring (bicyclic) bond motifs is 1. The van der Waals surface area contributed by atoms with Gasteiger partial charge >= 0.3 is 5.97 Å². The Hall–Kier alpha value is -1.66. The molecule has 0 atom stereocenters. The van der Waals surface area contributed by atoms with Gasteiger partial charge in [-0.05, 0) is 12.8 Å². The van der Waals surface area contributed by atoms with Crippen LogP contribution in [0.2, 0.25) is 5.15 Å². The summed E-state index contributed by atoms with van der Waals surface area (Å²) in [5, 5.41) is 13.8. The highest BCUT2D eigenvalue weighted by atomic mass is 35.5. The first-order chi connectivity index (χ1) is 9.07. The highest BCUT2D eigenvalue weighted by Gasteiger charge is 2.49. The molecule has 0 aromatic carbocycles. The molecule has 1 aliphatic rings. The van der Waals surface area contributed by atoms with Gasteiger partial charge in [-0.1, -0.05) is 11.6 Å². The third kappa shape index (κ3) is 1.87. The molecule has 2 heterocycles. The largest absolute Gasteiger partial charge is 0.478 e. The smallest absolute Gasteiger partial charge is 0.339 e. The Morgan fingerprint density at radius 2 is 2.37 bits per heavy atom. The summed E-state index contributed by atoms with van der Waals surface area (Å²) in [5.74, 6) is -1.02. The molecule has 6 nitrogen and oxygen atoms in total. The Kier molecular flexibility index (Phi) is 2.72. The van der Waals surface area contributed by atoms with E-state index in [0.717, 1.165) is 12.8 Å². The minimum Gasteiger partial charge on any atom is -0.478 e. The lowest BCUT2D eigenvalue weighted by molar-refractivity contribution is 0.0691. The first-order valence-electron chi connectivity index (χ1n) is 5.84. The monoisotopic (exact) mass is 281 g/mol. The second-order valence-corrected chi connectivity index (χ2v) is 5.16. The molecule has 0 bridgehead atoms. The molecule has 0 spiro atoms. The van der Waals surface area contributed by atoms with E-state index in [9.17, 15) is 9.90 Å². The molecule has 19 heavy (non-hydrogen) atoms. The van der Waals surface area contributed by atoms with E-state index in [2.05, 4.69) is 10.1 Å². The van der Waals surface area contributed by atoms with Crippen molar-refractivity contribution in [2.45, 2.75) is 18.3 Å². The van der Waals surface area contributed by atoms with Crippen LogP contribution in [0.25, 0.3) is 5.65 Å². The predicted molar refractivity (Wildman–Crippen MR) is 67.7 cm³/mol. The van der Waals surface area contributed by atoms with E-state index in [4.69, 9.17) is 16.3 Å². The van der Waals surface area contributed by atoms with E-state index < -0.39 is 5.97 Å². The number of aromatic carboxylic acids is 1. The molecule has 0 radical (unpaired) electrons. The summed E-state index contributed by atoms with van der Waals surface area (Å²) < 4.78 is 6.75. The molecule has 1 fully saturated rings. The molecule has 0 saturated heterocycles. The van der Waals surface area contributed by atoms with Crippen molar-refractivity contribution in [3.63, 3.8) is 0 Å². The summed E-state index contributed by atoms with van der Waals surface area (Å²) in [6, 6.07) is 1.61. The summed E-state index contributed by atoms with van der Waals surface area (Å²) in [5.41, 5.74) is 1.03. The zero-order valence-corrected chi connectivity index (χ0v) is 11.0. The normalized spacial score (nSPS) is 16.7. The van der Waals surface area contributed by atoms with Gasteiger partial charge in [-0.25, -0.2) is 14.3 Å². The number of ether oxygens (including phenoxy) is 1. The predicted octanol–water partition coefficient (Wildman–Crippen LogP) is 1.76. The van der Waals surface area contributed by atoms with Crippen LogP contribution in [-0.4, -0.2) is 39.4 Å². The number of nitrogens with zero attached hydrogens (tertiary/aromatic N) is 3. The van der Waals surface area contributed by atoms with E-state index in [0.29, 0.717) is 23.1 Å². The van der Waals surface area contributed by atoms with Crippen LogP contribution in [0.1, 0.15) is 28.9 Å². The highest BCUT2D eigenvalue weighted by Crippen LogP contribution is 2.49. The van der Waals surface area contributed by atoms with Gasteiger partial charge in [0.05, 0.1) is 12.3 Å². The van der Waals surface area contributed by atoms with Crippen LogP contribution < -0.4 is 0 Å². The number of hydrogen-bond donors (Lipinski definition) is 1. The maximum atomic E-state index is 11.4. The Balaban J connectivity index is 2.29. The van der Waals surface area contributed by atoms with Crippen LogP contribution in [0.4, 0.5) is 0 Å². The fraction of sp³-hybridized carbons (Fsp3) is 0.417. The van der Waals surface area contributed by atoms with E-state index in [1.807, 2.05) is 0 Å². The third-order valence-corrected chi connectivity index (χ3v) is 3.65. The summed E-state index contributed by atoms with van der Waals surface area (Å²) in [6.45, 7) is 0.462. The lowest BCUT2D eigenvalue weighted by Gasteiger charge is -2.17. The maximum absolute atomic E-state index is 11.4. The van der Waals surface area contributed by atoms with Crippen molar-refractivity contribution in [3.05, 3.63) is 28.7 Å². The molecule has 2 aromatic rings. The number of carboxylic acid groups (broad SMARTS) is 1. The van der Waals surface area contributed by atoms with E-state index in [-0.39, 0.29) is 11.0 Å². The number of methoxy groups -OCH3 is 1. The number of carbonyl (C=O) groups is 1. The standard InChI is InChI=1S/C12H12ClN3O3/c1-19-6-12(2-3-12)10-7(11(17)18)5-14-9-4-8(13)15-16(9)10/h4-5H,2-3,6H2,1H3,(H,17,18). The SMILES string of the molecule is COCC1(c2c(C(=O)O)cnc3cc(Cl)nn23)CC1. The van der Waals surface area contributed by atoms with Crippen molar-refractivity contribution in [2.75, 3.05) is 13.7 Å². The summed E-state index contributed by atoms with van der Waals surface area (Å²) >= 11 is 5.88. The summed E-state index contributed by atoms with van der Waals surface area (Å²) in [4.78, 5) is 15.5. The fourth-order valence-corrected chi connectivity index (χ4v) is 2.62. The van der Waals surface area contributed by atoms with E-state index in [1.54, 1.807) is 13.2 Å². The number of rotatable bonds is 4. The van der Waals surface area contributed by atoms with Crippen molar-refractivity contribution in [1.29, 1.82) is 0 Å². The molecular formula is C12H12ClN3O3. The van der Waals surface area contributed by atoms with Gasteiger partial charge in [0.15, 0.2) is 10.8 Å². The quantitative estimate of drug-likeness (QED) is 0.924. The fourth-order valence-electron chi connectivity index (χ4n) is 2.45. The zero-order chi connectivity index (χ0) is 13.6. The van der Waals surface area contributed by atoms with Crippen molar-refractivity contribution in [3.8, 4) is 0 Å². The van der Waals surface area contributed by atoms with E-state index >= 15 is 0 Å². The van der Waals surface area contributed by atoms with Gasteiger partial charge in [-0.3, -0.25) is 0 Å². The van der Waals surface area contributed by atoms with Crippen molar-refractivity contribution in [1.82, 2.24) is 14.6 Å². The summed E-state index contributed by atoms with van der Waals surface area (Å²) in [7, 11) is 1.61. The average molecular weight is 282 g/mol. The first kappa shape index (κ1) is 12.4. The van der Waals surface area contributed by atoms with Crippen LogP contribution >= 0.6 is 11.6 Å². The molecule has 0 aliphatic heterocycles. The van der Waals surface area contributed by atoms with Gasteiger partial charge in [0.2, 0.25) is 0 Å². The van der Waals surface area contributed by atoms with Gasteiger partial charge in [-0.2, -0.15) is 5.10 Å². The molecule has 1 saturated carbocycles. The topological polar surface area (TPSA) is 76.7 Å². The molecule has 1 aliphatic carbocycles. The molecular weight excluding hydrogens is 270 g/mol. The first-order valence-corrected chi connectivity index (χ1v) is 6.22. The lowest BCUT2D eigenvalue weighted by atomic mass is 9.99. The number of aromatic nitrogens is 3. The Morgan fingerprint density at radius 1 is 1.63 bits per heavy atom. The zero-order valence-electron chi connectivity index (χ0n) is 10.3. The average Bonchev–Trinajstić information content (AvgIpc) is 3.01. The maximum Gasteiger partial charge on any atom is 0.339 e. The molecule has 0 amide bonds. The van der Waals surface area contributed by atoms with Gasteiger partial charge in [0.25, 0.3) is 0 Å².